The molecule has 21 heavy (non-hydrogen) atoms. The minimum Gasteiger partial charge on any atom is -0.409 e. The molecule has 0 bridgehead atoms. The molecule has 0 radical (unpaired) electrons. The molecule has 5 nitrogen and oxygen atoms in total. The molecule has 1 saturated heterocycles. The number of benzene rings is 1. The normalized spacial score (nSPS) is 18.3. The van der Waals surface area contributed by atoms with E-state index in [1.165, 1.54) is 12.1 Å². The van der Waals surface area contributed by atoms with Crippen molar-refractivity contribution in [2.75, 3.05) is 32.7 Å². The van der Waals surface area contributed by atoms with Gasteiger partial charge in [-0.1, -0.05) is 43.3 Å². The lowest BCUT2D eigenvalue weighted by Gasteiger charge is -2.35. The van der Waals surface area contributed by atoms with Gasteiger partial charge in [-0.3, -0.25) is 4.90 Å². The lowest BCUT2D eigenvalue weighted by Crippen LogP contribution is -2.46. The monoisotopic (exact) mass is 290 g/mol. The first-order valence-corrected chi connectivity index (χ1v) is 7.60. The SMILES string of the molecule is CC(C)CN1CCN(Cc2ccc(C(N)=NO)cc2)CC1. The Bertz CT molecular complexity index is 462. The molecule has 0 unspecified atom stereocenters. The van der Waals surface area contributed by atoms with E-state index >= 15 is 0 Å². The second kappa shape index (κ2) is 7.43. The summed E-state index contributed by atoms with van der Waals surface area (Å²) >= 11 is 0. The molecule has 5 heteroatoms. The van der Waals surface area contributed by atoms with Crippen molar-refractivity contribution < 1.29 is 5.21 Å². The average molecular weight is 290 g/mol. The molecular weight excluding hydrogens is 264 g/mol. The molecule has 0 amide bonds. The molecule has 1 aromatic rings. The molecule has 3 N–H and O–H groups in total. The molecule has 0 aliphatic carbocycles. The van der Waals surface area contributed by atoms with E-state index in [9.17, 15) is 0 Å². The van der Waals surface area contributed by atoms with Crippen molar-refractivity contribution in [2.45, 2.75) is 20.4 Å². The summed E-state index contributed by atoms with van der Waals surface area (Å²) < 4.78 is 0. The van der Waals surface area contributed by atoms with Gasteiger partial charge in [-0.25, -0.2) is 0 Å². The molecule has 1 aromatic carbocycles. The van der Waals surface area contributed by atoms with Crippen molar-refractivity contribution in [3.8, 4) is 0 Å². The number of piperazine rings is 1. The smallest absolute Gasteiger partial charge is 0.170 e. The summed E-state index contributed by atoms with van der Waals surface area (Å²) in [5, 5.41) is 11.7. The molecule has 0 spiro atoms. The third-order valence-electron chi connectivity index (χ3n) is 3.85. The average Bonchev–Trinajstić information content (AvgIpc) is 2.49. The summed E-state index contributed by atoms with van der Waals surface area (Å²) in [5.74, 6) is 0.895. The van der Waals surface area contributed by atoms with Gasteiger partial charge in [-0.05, 0) is 11.5 Å². The van der Waals surface area contributed by atoms with E-state index < -0.39 is 0 Å². The van der Waals surface area contributed by atoms with E-state index in [1.807, 2.05) is 24.3 Å². The number of nitrogens with zero attached hydrogens (tertiary/aromatic N) is 3. The highest BCUT2D eigenvalue weighted by Crippen LogP contribution is 2.11. The van der Waals surface area contributed by atoms with Crippen molar-refractivity contribution >= 4 is 5.84 Å². The Hall–Kier alpha value is -1.59. The van der Waals surface area contributed by atoms with Crippen LogP contribution in [0.15, 0.2) is 29.4 Å². The molecule has 0 atom stereocenters. The minimum absolute atomic E-state index is 0.156. The van der Waals surface area contributed by atoms with Crippen molar-refractivity contribution in [1.82, 2.24) is 9.80 Å². The predicted octanol–water partition coefficient (Wildman–Crippen LogP) is 1.55. The summed E-state index contributed by atoms with van der Waals surface area (Å²) in [6, 6.07) is 7.90. The number of rotatable bonds is 5. The summed E-state index contributed by atoms with van der Waals surface area (Å²) in [6.07, 6.45) is 0. The van der Waals surface area contributed by atoms with Gasteiger partial charge in [0.1, 0.15) is 0 Å². The Labute approximate surface area is 127 Å². The Balaban J connectivity index is 1.83. The molecular formula is C16H26N4O. The Kier molecular flexibility index (Phi) is 5.59. The minimum atomic E-state index is 0.156. The summed E-state index contributed by atoms with van der Waals surface area (Å²) in [7, 11) is 0. The van der Waals surface area contributed by atoms with Gasteiger partial charge < -0.3 is 15.8 Å². The molecule has 1 aliphatic heterocycles. The number of amidine groups is 1. The Morgan fingerprint density at radius 3 is 2.24 bits per heavy atom. The van der Waals surface area contributed by atoms with Crippen LogP contribution in [0, 0.1) is 5.92 Å². The van der Waals surface area contributed by atoms with Crippen LogP contribution in [0.2, 0.25) is 0 Å². The molecule has 2 rings (SSSR count). The van der Waals surface area contributed by atoms with Crippen LogP contribution in [0.1, 0.15) is 25.0 Å². The van der Waals surface area contributed by atoms with Crippen LogP contribution in [-0.4, -0.2) is 53.6 Å². The molecule has 1 fully saturated rings. The Morgan fingerprint density at radius 2 is 1.71 bits per heavy atom. The van der Waals surface area contributed by atoms with Gasteiger partial charge in [0, 0.05) is 44.8 Å². The third-order valence-corrected chi connectivity index (χ3v) is 3.85. The largest absolute Gasteiger partial charge is 0.409 e. The van der Waals surface area contributed by atoms with Gasteiger partial charge in [0.05, 0.1) is 0 Å². The molecule has 1 aliphatic rings. The number of oxime groups is 1. The fraction of sp³-hybridized carbons (Fsp3) is 0.562. The van der Waals surface area contributed by atoms with Gasteiger partial charge in [0.2, 0.25) is 0 Å². The van der Waals surface area contributed by atoms with Crippen molar-refractivity contribution in [1.29, 1.82) is 0 Å². The van der Waals surface area contributed by atoms with E-state index in [0.29, 0.717) is 0 Å². The first kappa shape index (κ1) is 15.8. The van der Waals surface area contributed by atoms with Crippen molar-refractivity contribution in [2.24, 2.45) is 16.8 Å². The maximum absolute atomic E-state index is 8.66. The highest BCUT2D eigenvalue weighted by atomic mass is 16.4. The predicted molar refractivity (Wildman–Crippen MR) is 85.5 cm³/mol. The van der Waals surface area contributed by atoms with E-state index in [0.717, 1.165) is 44.2 Å². The summed E-state index contributed by atoms with van der Waals surface area (Å²) in [6.45, 7) is 11.3. The van der Waals surface area contributed by atoms with Crippen LogP contribution in [0.25, 0.3) is 0 Å². The topological polar surface area (TPSA) is 65.1 Å². The number of nitrogens with two attached hydrogens (primary N) is 1. The van der Waals surface area contributed by atoms with Crippen LogP contribution < -0.4 is 5.73 Å². The van der Waals surface area contributed by atoms with Gasteiger partial charge in [0.25, 0.3) is 0 Å². The standard InChI is InChI=1S/C16H26N4O/c1-13(2)11-19-7-9-20(10-8-19)12-14-3-5-15(6-4-14)16(17)18-21/h3-6,13,21H,7-12H2,1-2H3,(H2,17,18). The van der Waals surface area contributed by atoms with Crippen LogP contribution in [-0.2, 0) is 6.54 Å². The first-order valence-electron chi connectivity index (χ1n) is 7.60. The zero-order valence-corrected chi connectivity index (χ0v) is 13.0. The van der Waals surface area contributed by atoms with Gasteiger partial charge in [0.15, 0.2) is 5.84 Å². The van der Waals surface area contributed by atoms with E-state index in [1.54, 1.807) is 0 Å². The van der Waals surface area contributed by atoms with Crippen LogP contribution in [0.5, 0.6) is 0 Å². The maximum Gasteiger partial charge on any atom is 0.170 e. The van der Waals surface area contributed by atoms with Gasteiger partial charge in [-0.15, -0.1) is 0 Å². The van der Waals surface area contributed by atoms with Crippen LogP contribution in [0.3, 0.4) is 0 Å². The van der Waals surface area contributed by atoms with Crippen molar-refractivity contribution in [3.05, 3.63) is 35.4 Å². The number of hydrogen-bond acceptors (Lipinski definition) is 4. The Morgan fingerprint density at radius 1 is 1.14 bits per heavy atom. The van der Waals surface area contributed by atoms with Gasteiger partial charge in [-0.2, -0.15) is 0 Å². The van der Waals surface area contributed by atoms with Gasteiger partial charge >= 0.3 is 0 Å². The summed E-state index contributed by atoms with van der Waals surface area (Å²) in [5.41, 5.74) is 7.59. The zero-order valence-electron chi connectivity index (χ0n) is 13.0. The van der Waals surface area contributed by atoms with Crippen LogP contribution in [0.4, 0.5) is 0 Å². The number of hydrogen-bond donors (Lipinski definition) is 2. The molecule has 116 valence electrons. The van der Waals surface area contributed by atoms with E-state index in [-0.39, 0.29) is 5.84 Å². The first-order chi connectivity index (χ1) is 10.1. The fourth-order valence-electron chi connectivity index (χ4n) is 2.74. The maximum atomic E-state index is 8.66. The second-order valence-electron chi connectivity index (χ2n) is 6.15. The molecule has 1 heterocycles. The summed E-state index contributed by atoms with van der Waals surface area (Å²) in [4.78, 5) is 5.03. The zero-order chi connectivity index (χ0) is 15.2. The van der Waals surface area contributed by atoms with E-state index in [2.05, 4.69) is 28.8 Å². The molecule has 0 saturated carbocycles. The van der Waals surface area contributed by atoms with Crippen LogP contribution >= 0.6 is 0 Å². The highest BCUT2D eigenvalue weighted by Gasteiger charge is 2.17. The highest BCUT2D eigenvalue weighted by molar-refractivity contribution is 5.96. The third kappa shape index (κ3) is 4.72. The van der Waals surface area contributed by atoms with Crippen molar-refractivity contribution in [3.63, 3.8) is 0 Å². The molecule has 0 aromatic heterocycles. The quantitative estimate of drug-likeness (QED) is 0.374. The van der Waals surface area contributed by atoms with E-state index in [4.69, 9.17) is 10.9 Å². The second-order valence-corrected chi connectivity index (χ2v) is 6.15. The lowest BCUT2D eigenvalue weighted by atomic mass is 10.1. The fourth-order valence-corrected chi connectivity index (χ4v) is 2.74. The lowest BCUT2D eigenvalue weighted by molar-refractivity contribution is 0.117.